The van der Waals surface area contributed by atoms with Gasteiger partial charge in [0.05, 0.1) is 5.56 Å². The number of hydrogen-bond donors (Lipinski definition) is 5. The van der Waals surface area contributed by atoms with Crippen molar-refractivity contribution in [2.24, 2.45) is 0 Å². The highest BCUT2D eigenvalue weighted by Crippen LogP contribution is 2.59. The number of aromatic hydroxyl groups is 2. The number of esters is 1. The number of aliphatic carboxylic acids is 2. The fourth-order valence-electron chi connectivity index (χ4n) is 5.00. The Bertz CT molecular complexity index is 1560. The fraction of sp³-hybridized carbons (Fsp3) is 0.185. The Labute approximate surface area is 214 Å². The first-order valence-corrected chi connectivity index (χ1v) is 11.5. The molecule has 11 nitrogen and oxygen atoms in total. The first-order valence-electron chi connectivity index (χ1n) is 11.5. The highest BCUT2D eigenvalue weighted by atomic mass is 16.6. The van der Waals surface area contributed by atoms with Crippen LogP contribution in [0.4, 0.5) is 0 Å². The molecule has 0 saturated heterocycles. The quantitative estimate of drug-likeness (QED) is 0.287. The molecule has 11 heteroatoms. The van der Waals surface area contributed by atoms with E-state index in [0.29, 0.717) is 5.56 Å². The Kier molecular flexibility index (Phi) is 5.70. The Morgan fingerprint density at radius 2 is 1.45 bits per heavy atom. The van der Waals surface area contributed by atoms with Crippen LogP contribution < -0.4 is 4.74 Å². The third kappa shape index (κ3) is 3.67. The molecule has 2 aliphatic heterocycles. The van der Waals surface area contributed by atoms with Crippen molar-refractivity contribution in [2.45, 2.75) is 31.3 Å². The van der Waals surface area contributed by atoms with E-state index in [-0.39, 0.29) is 64.3 Å². The summed E-state index contributed by atoms with van der Waals surface area (Å²) in [7, 11) is 0. The number of phenols is 2. The lowest BCUT2D eigenvalue weighted by molar-refractivity contribution is -0.138. The van der Waals surface area contributed by atoms with Crippen LogP contribution in [0.3, 0.4) is 0 Å². The number of carbonyl (C=O) groups excluding carboxylic acids is 1. The molecular formula is C27H20O11. The number of carbonyl (C=O) groups is 4. The van der Waals surface area contributed by atoms with Crippen molar-refractivity contribution in [1.29, 1.82) is 0 Å². The van der Waals surface area contributed by atoms with Crippen LogP contribution in [0.15, 0.2) is 42.5 Å². The van der Waals surface area contributed by atoms with Crippen molar-refractivity contribution in [2.75, 3.05) is 0 Å². The average molecular weight is 520 g/mol. The van der Waals surface area contributed by atoms with Crippen LogP contribution in [0.1, 0.15) is 61.4 Å². The third-order valence-electron chi connectivity index (χ3n) is 6.69. The van der Waals surface area contributed by atoms with Crippen molar-refractivity contribution in [1.82, 2.24) is 0 Å². The maximum absolute atomic E-state index is 13.1. The van der Waals surface area contributed by atoms with Gasteiger partial charge in [-0.1, -0.05) is 18.2 Å². The number of hydrogen-bond acceptors (Lipinski definition) is 8. The van der Waals surface area contributed by atoms with Gasteiger partial charge in [0, 0.05) is 35.6 Å². The van der Waals surface area contributed by atoms with E-state index in [4.69, 9.17) is 14.6 Å². The van der Waals surface area contributed by atoms with Gasteiger partial charge in [-0.05, 0) is 42.2 Å². The number of ether oxygens (including phenoxy) is 2. The molecule has 0 fully saturated rings. The third-order valence-corrected chi connectivity index (χ3v) is 6.69. The molecular weight excluding hydrogens is 500 g/mol. The minimum atomic E-state index is -1.79. The van der Waals surface area contributed by atoms with E-state index in [1.807, 2.05) is 0 Å². The summed E-state index contributed by atoms with van der Waals surface area (Å²) in [5, 5.41) is 49.7. The predicted molar refractivity (Wildman–Crippen MR) is 127 cm³/mol. The first-order chi connectivity index (χ1) is 18.0. The van der Waals surface area contributed by atoms with Gasteiger partial charge in [0.25, 0.3) is 0 Å². The predicted octanol–water partition coefficient (Wildman–Crippen LogP) is 3.40. The summed E-state index contributed by atoms with van der Waals surface area (Å²) >= 11 is 0. The molecule has 0 amide bonds. The minimum Gasteiger partial charge on any atom is -0.508 e. The smallest absolute Gasteiger partial charge is 0.343 e. The molecule has 38 heavy (non-hydrogen) atoms. The molecule has 0 bridgehead atoms. The number of phenolic OH excluding ortho intramolecular Hbond substituents is 1. The Hall–Kier alpha value is -5.06. The monoisotopic (exact) mass is 520 g/mol. The lowest BCUT2D eigenvalue weighted by atomic mass is 9.75. The molecule has 0 aliphatic carbocycles. The van der Waals surface area contributed by atoms with Gasteiger partial charge < -0.3 is 35.0 Å². The number of rotatable bonds is 7. The van der Waals surface area contributed by atoms with Gasteiger partial charge in [0.1, 0.15) is 22.8 Å². The summed E-state index contributed by atoms with van der Waals surface area (Å²) in [6.45, 7) is 0. The number of benzene rings is 3. The molecule has 3 aromatic carbocycles. The highest BCUT2D eigenvalue weighted by Gasteiger charge is 2.55. The number of carboxylic acids is 3. The average Bonchev–Trinajstić information content (AvgIpc) is 3.14. The minimum absolute atomic E-state index is 0.0136. The maximum Gasteiger partial charge on any atom is 0.343 e. The highest BCUT2D eigenvalue weighted by molar-refractivity contribution is 5.99. The largest absolute Gasteiger partial charge is 0.508 e. The summed E-state index contributed by atoms with van der Waals surface area (Å²) in [4.78, 5) is 47.8. The number of carboxylic acid groups (broad SMARTS) is 3. The second-order valence-electron chi connectivity index (χ2n) is 8.92. The van der Waals surface area contributed by atoms with Gasteiger partial charge in [-0.2, -0.15) is 0 Å². The lowest BCUT2D eigenvalue weighted by Crippen LogP contribution is -2.34. The van der Waals surface area contributed by atoms with Crippen LogP contribution in [0, 0.1) is 0 Å². The molecule has 1 atom stereocenters. The van der Waals surface area contributed by atoms with Crippen LogP contribution in [0.5, 0.6) is 23.0 Å². The summed E-state index contributed by atoms with van der Waals surface area (Å²) in [5.41, 5.74) is -1.50. The number of aryl methyl sites for hydroxylation is 2. The lowest BCUT2D eigenvalue weighted by Gasteiger charge is -2.38. The van der Waals surface area contributed by atoms with Crippen LogP contribution in [0.25, 0.3) is 0 Å². The molecule has 0 aromatic heterocycles. The zero-order valence-electron chi connectivity index (χ0n) is 19.6. The Morgan fingerprint density at radius 3 is 2.11 bits per heavy atom. The van der Waals surface area contributed by atoms with Crippen LogP contribution >= 0.6 is 0 Å². The number of fused-ring (bicyclic) bond motifs is 6. The van der Waals surface area contributed by atoms with Crippen molar-refractivity contribution in [3.63, 3.8) is 0 Å². The Balaban J connectivity index is 1.85. The van der Waals surface area contributed by atoms with E-state index < -0.39 is 47.2 Å². The van der Waals surface area contributed by atoms with E-state index in [1.54, 1.807) is 18.2 Å². The van der Waals surface area contributed by atoms with E-state index in [9.17, 15) is 39.6 Å². The second kappa shape index (κ2) is 8.80. The van der Waals surface area contributed by atoms with E-state index in [2.05, 4.69) is 0 Å². The maximum atomic E-state index is 13.1. The summed E-state index contributed by atoms with van der Waals surface area (Å²) < 4.78 is 11.9. The van der Waals surface area contributed by atoms with E-state index in [1.165, 1.54) is 24.3 Å². The van der Waals surface area contributed by atoms with Gasteiger partial charge >= 0.3 is 23.9 Å². The second-order valence-corrected chi connectivity index (χ2v) is 8.92. The van der Waals surface area contributed by atoms with Gasteiger partial charge in [0.2, 0.25) is 0 Å². The fourth-order valence-corrected chi connectivity index (χ4v) is 5.00. The topological polar surface area (TPSA) is 188 Å². The SMILES string of the molecule is O=C(O)CCc1cc2c(cc1O)Oc1c(cc(CCC(=O)O)c(O)c1C(=O)O)C21OC(=O)c2ccccc21. The van der Waals surface area contributed by atoms with Crippen molar-refractivity contribution < 1.29 is 54.2 Å². The Morgan fingerprint density at radius 1 is 0.816 bits per heavy atom. The molecule has 1 unspecified atom stereocenters. The van der Waals surface area contributed by atoms with Gasteiger partial charge in [-0.25, -0.2) is 9.59 Å². The summed E-state index contributed by atoms with van der Waals surface area (Å²) in [6.07, 6.45) is -1.01. The molecule has 1 spiro atoms. The van der Waals surface area contributed by atoms with Crippen molar-refractivity contribution >= 4 is 23.9 Å². The first kappa shape index (κ1) is 24.6. The van der Waals surface area contributed by atoms with Gasteiger partial charge in [0.15, 0.2) is 11.4 Å². The molecule has 3 aromatic rings. The van der Waals surface area contributed by atoms with Gasteiger partial charge in [-0.15, -0.1) is 0 Å². The van der Waals surface area contributed by atoms with E-state index >= 15 is 0 Å². The molecule has 2 aliphatic rings. The van der Waals surface area contributed by atoms with Crippen molar-refractivity contribution in [3.8, 4) is 23.0 Å². The molecule has 5 rings (SSSR count). The number of aromatic carboxylic acids is 1. The van der Waals surface area contributed by atoms with Gasteiger partial charge in [-0.3, -0.25) is 9.59 Å². The molecule has 5 N–H and O–H groups in total. The van der Waals surface area contributed by atoms with Crippen LogP contribution in [-0.4, -0.2) is 49.4 Å². The van der Waals surface area contributed by atoms with Crippen molar-refractivity contribution in [3.05, 3.63) is 81.4 Å². The summed E-state index contributed by atoms with van der Waals surface area (Å²) in [6, 6.07) is 10.4. The standard InChI is InChI=1S/C27H20O11/c28-18-11-19-16(9-12(18)5-7-20(29)30)27(15-4-2-1-3-14(15)26(36)38-27)17-10-13(6-8-21(31)32)23(33)22(25(34)35)24(17)37-19/h1-4,9-11,28,33H,5-8H2,(H,29,30)(H,31,32)(H,34,35). The molecule has 0 radical (unpaired) electrons. The zero-order chi connectivity index (χ0) is 27.4. The van der Waals surface area contributed by atoms with E-state index in [0.717, 1.165) is 0 Å². The molecule has 2 heterocycles. The molecule has 194 valence electrons. The summed E-state index contributed by atoms with van der Waals surface area (Å²) in [5.74, 6) is -6.00. The molecule has 0 saturated carbocycles. The van der Waals surface area contributed by atoms with Crippen LogP contribution in [-0.2, 0) is 32.8 Å². The normalized spacial score (nSPS) is 16.7. The van der Waals surface area contributed by atoms with Crippen LogP contribution in [0.2, 0.25) is 0 Å². The zero-order valence-corrected chi connectivity index (χ0v) is 19.6.